The Morgan fingerprint density at radius 3 is 0.881 bits per heavy atom. The number of rotatable bonds is 18. The van der Waals surface area contributed by atoms with E-state index in [1.807, 2.05) is 84.9 Å². The molecule has 4 aliphatic heterocycles. The standard InChI is InChI=1S/C114H76N4O16/c1-57(119)67-31-33-69-71-35-43-79-96-80(44-36-72(93(71)96)70-34-32-68(58(2)120)91(67)92(69)70)106(122)115(105(79)121)53-51-59-23-27-65(28-24-59)131-89-55-87-98-83(109(125)117(111(87)127)61-15-7-3-8-16-61)48-42-78-102-90(56-88-99-84(47-41-77(104(99)102)101(89)103(78)98)110(126)118(112(88)128)62-17-9-4-10-18-62)132-66-29-25-60(26-30-66)52-54-116-107(123)81-45-37-73-75-39-49-85(113(129)133-63-19-11-5-12-20-63)100-86(114(130)134-64-21-13-6-14-22-64)50-40-76(95(75)100)74-38-46-82(108(116)124)97(81)94(73)74/h5-6,11-14,19-50,55-56,61-62H,3-4,7-10,15-18,51-54H2,1-2H3. The first-order chi connectivity index (χ1) is 65.3. The van der Waals surface area contributed by atoms with Gasteiger partial charge in [0.2, 0.25) is 0 Å². The number of para-hydroxylation sites is 2. The summed E-state index contributed by atoms with van der Waals surface area (Å²) < 4.78 is 26.2. The number of Topliss-reactive ketones (excluding diaryl/α,β-unsaturated/α-hetero) is 2. The fourth-order valence-corrected chi connectivity index (χ4v) is 23.0. The number of carbonyl (C=O) groups is 12. The highest BCUT2D eigenvalue weighted by atomic mass is 16.5. The Hall–Kier alpha value is -16.5. The van der Waals surface area contributed by atoms with E-state index in [0.717, 1.165) is 82.0 Å². The Morgan fingerprint density at radius 2 is 0.545 bits per heavy atom. The molecule has 2 aliphatic carbocycles. The molecule has 2 fully saturated rings. The van der Waals surface area contributed by atoms with Gasteiger partial charge in [0.05, 0.1) is 22.3 Å². The highest BCUT2D eigenvalue weighted by molar-refractivity contribution is 6.46. The number of imide groups is 4. The minimum absolute atomic E-state index is 0.00184. The second-order valence-corrected chi connectivity index (χ2v) is 36.3. The van der Waals surface area contributed by atoms with Crippen LogP contribution in [0.3, 0.4) is 0 Å². The number of benzene rings is 19. The van der Waals surface area contributed by atoms with E-state index in [1.165, 1.54) is 33.4 Å². The molecule has 0 atom stereocenters. The number of hydrogen-bond donors (Lipinski definition) is 0. The SMILES string of the molecule is CC(=O)c1ccc2c3ccc4c5c(ccc(c6ccc(C(C)=O)c1c26)c53)C(=O)N(CCc1ccc(Oc2cc3c5c(ccc6c7c(Oc8ccc(CCN9C(=O)c%10ccc%11c%12ccc(C(=O)Oc%13ccccc%13)c%13c(C(=O)Oc%14ccccc%14)ccc(c%14ccc(c%10c%11%14)C9=O)c%13%12)cc8)cc8c9c(ccc(c2c56)c97)C(=O)N(C2CCCCC2)C8=O)C(=O)N(C2CCCCC2)C3=O)cc1)C4=O. The second kappa shape index (κ2) is 30.0. The van der Waals surface area contributed by atoms with Crippen LogP contribution < -0.4 is 18.9 Å². The topological polar surface area (TPSA) is 255 Å². The zero-order valence-corrected chi connectivity index (χ0v) is 72.5. The number of fused-ring (bicyclic) bond motifs is 6. The fraction of sp³-hybridized carbons (Fsp3) is 0.158. The van der Waals surface area contributed by atoms with Crippen LogP contribution in [0, 0.1) is 0 Å². The minimum atomic E-state index is -0.686. The lowest BCUT2D eigenvalue weighted by Gasteiger charge is -2.37. The summed E-state index contributed by atoms with van der Waals surface area (Å²) in [5.41, 5.74) is 5.26. The van der Waals surface area contributed by atoms with Gasteiger partial charge in [-0.05, 0) is 248 Å². The molecule has 134 heavy (non-hydrogen) atoms. The summed E-state index contributed by atoms with van der Waals surface area (Å²) in [6, 6.07) is 70.5. The van der Waals surface area contributed by atoms with Crippen molar-refractivity contribution in [2.75, 3.05) is 13.1 Å². The number of ketones is 2. The Kier molecular flexibility index (Phi) is 17.9. The summed E-state index contributed by atoms with van der Waals surface area (Å²) in [4.78, 5) is 182. The number of amides is 8. The van der Waals surface area contributed by atoms with Gasteiger partial charge in [-0.2, -0.15) is 0 Å². The van der Waals surface area contributed by atoms with Crippen molar-refractivity contribution in [3.05, 3.63) is 321 Å². The third-order valence-corrected chi connectivity index (χ3v) is 29.1. The number of carbonyl (C=O) groups excluding carboxylic acids is 12. The van der Waals surface area contributed by atoms with E-state index in [-0.39, 0.29) is 83.3 Å². The lowest BCUT2D eigenvalue weighted by atomic mass is 9.80. The number of esters is 2. The Morgan fingerprint density at radius 1 is 0.261 bits per heavy atom. The first kappa shape index (κ1) is 79.7. The van der Waals surface area contributed by atoms with E-state index in [9.17, 15) is 28.8 Å². The van der Waals surface area contributed by atoms with E-state index < -0.39 is 59.2 Å². The summed E-state index contributed by atoms with van der Waals surface area (Å²) in [5.74, 6) is -3.43. The predicted octanol–water partition coefficient (Wildman–Crippen LogP) is 23.8. The highest BCUT2D eigenvalue weighted by Crippen LogP contribution is 2.56. The maximum atomic E-state index is 15.7. The summed E-state index contributed by atoms with van der Waals surface area (Å²) in [6.45, 7) is 3.01. The van der Waals surface area contributed by atoms with Crippen LogP contribution >= 0.6 is 0 Å². The van der Waals surface area contributed by atoms with Crippen LogP contribution in [0.2, 0.25) is 0 Å². The highest BCUT2D eigenvalue weighted by Gasteiger charge is 2.45. The molecule has 19 aromatic rings. The maximum Gasteiger partial charge on any atom is 0.344 e. The van der Waals surface area contributed by atoms with Gasteiger partial charge >= 0.3 is 11.9 Å². The molecule has 648 valence electrons. The summed E-state index contributed by atoms with van der Waals surface area (Å²) in [6.07, 6.45) is 8.48. The minimum Gasteiger partial charge on any atom is -0.457 e. The molecule has 20 nitrogen and oxygen atoms in total. The monoisotopic (exact) mass is 1760 g/mol. The molecule has 0 bridgehead atoms. The largest absolute Gasteiger partial charge is 0.457 e. The van der Waals surface area contributed by atoms with Crippen molar-refractivity contribution in [2.45, 2.75) is 103 Å². The quantitative estimate of drug-likeness (QED) is 0.0193. The lowest BCUT2D eigenvalue weighted by Crippen LogP contribution is -2.48. The van der Waals surface area contributed by atoms with Gasteiger partial charge in [-0.25, -0.2) is 9.59 Å². The van der Waals surface area contributed by atoms with Crippen molar-refractivity contribution in [3.8, 4) is 34.5 Å². The Balaban J connectivity index is 0.548. The molecule has 4 heterocycles. The summed E-state index contributed by atoms with van der Waals surface area (Å²) in [5, 5.41) is 14.6. The third-order valence-electron chi connectivity index (χ3n) is 29.1. The lowest BCUT2D eigenvalue weighted by molar-refractivity contribution is 0.0487. The van der Waals surface area contributed by atoms with Gasteiger partial charge < -0.3 is 18.9 Å². The van der Waals surface area contributed by atoms with Gasteiger partial charge in [-0.3, -0.25) is 67.5 Å². The van der Waals surface area contributed by atoms with Crippen molar-refractivity contribution in [3.63, 3.8) is 0 Å². The van der Waals surface area contributed by atoms with Gasteiger partial charge in [0, 0.05) is 124 Å². The van der Waals surface area contributed by atoms with Crippen LogP contribution in [-0.2, 0) is 12.8 Å². The Bertz CT molecular complexity index is 8200. The summed E-state index contributed by atoms with van der Waals surface area (Å²) in [7, 11) is 0. The van der Waals surface area contributed by atoms with Gasteiger partial charge in [-0.15, -0.1) is 0 Å². The van der Waals surface area contributed by atoms with Crippen molar-refractivity contribution < 1.29 is 76.5 Å². The number of nitrogens with zero attached hydrogens (tertiary/aromatic N) is 4. The van der Waals surface area contributed by atoms with Gasteiger partial charge in [-0.1, -0.05) is 172 Å². The van der Waals surface area contributed by atoms with E-state index in [0.29, 0.717) is 190 Å². The van der Waals surface area contributed by atoms with Crippen LogP contribution in [0.4, 0.5) is 0 Å². The maximum absolute atomic E-state index is 15.7. The molecule has 2 saturated carbocycles. The second-order valence-electron chi connectivity index (χ2n) is 36.3. The smallest absolute Gasteiger partial charge is 0.344 e. The molecule has 0 spiro atoms. The van der Waals surface area contributed by atoms with E-state index in [1.54, 1.807) is 158 Å². The van der Waals surface area contributed by atoms with Crippen molar-refractivity contribution in [1.29, 1.82) is 0 Å². The van der Waals surface area contributed by atoms with Crippen LogP contribution in [0.15, 0.2) is 243 Å². The molecule has 0 unspecified atom stereocenters. The molecule has 0 aromatic heterocycles. The number of hydrogen-bond acceptors (Lipinski definition) is 16. The van der Waals surface area contributed by atoms with Gasteiger partial charge in [0.15, 0.2) is 11.6 Å². The van der Waals surface area contributed by atoms with Crippen molar-refractivity contribution in [1.82, 2.24) is 19.6 Å². The van der Waals surface area contributed by atoms with E-state index >= 15 is 28.8 Å². The molecular formula is C114H76N4O16. The number of ether oxygens (including phenoxy) is 4. The molecule has 20 heteroatoms. The van der Waals surface area contributed by atoms with E-state index in [4.69, 9.17) is 18.9 Å². The molecule has 19 aromatic carbocycles. The summed E-state index contributed by atoms with van der Waals surface area (Å²) >= 11 is 0. The molecular weight excluding hydrogens is 1680 g/mol. The molecule has 0 N–H and O–H groups in total. The molecule has 0 radical (unpaired) electrons. The first-order valence-electron chi connectivity index (χ1n) is 45.6. The first-order valence-corrected chi connectivity index (χ1v) is 45.6. The normalized spacial score (nSPS) is 15.5. The fourth-order valence-electron chi connectivity index (χ4n) is 23.0. The van der Waals surface area contributed by atoms with Gasteiger partial charge in [0.25, 0.3) is 47.3 Å². The zero-order chi connectivity index (χ0) is 90.8. The van der Waals surface area contributed by atoms with Crippen molar-refractivity contribution in [2.24, 2.45) is 0 Å². The molecule has 6 aliphatic rings. The van der Waals surface area contributed by atoms with Crippen molar-refractivity contribution >= 4 is 200 Å². The molecule has 0 saturated heterocycles. The third kappa shape index (κ3) is 11.7. The Labute approximate surface area is 762 Å². The average molecular weight is 1760 g/mol. The van der Waals surface area contributed by atoms with Crippen LogP contribution in [0.25, 0.3) is 129 Å². The molecule has 25 rings (SSSR count). The van der Waals surface area contributed by atoms with Gasteiger partial charge in [0.1, 0.15) is 34.5 Å². The van der Waals surface area contributed by atoms with E-state index in [2.05, 4.69) is 0 Å². The van der Waals surface area contributed by atoms with Crippen LogP contribution in [0.5, 0.6) is 34.5 Å². The predicted molar refractivity (Wildman–Crippen MR) is 512 cm³/mol. The molecule has 8 amide bonds. The zero-order valence-electron chi connectivity index (χ0n) is 72.5. The van der Waals surface area contributed by atoms with Crippen LogP contribution in [-0.4, -0.2) is 116 Å². The average Bonchev–Trinajstić information content (AvgIpc) is 0.677. The van der Waals surface area contributed by atoms with Crippen LogP contribution in [0.1, 0.15) is 213 Å².